The van der Waals surface area contributed by atoms with Crippen LogP contribution in [0.5, 0.6) is 0 Å². The van der Waals surface area contributed by atoms with Crippen LogP contribution in [0.15, 0.2) is 61.4 Å². The number of alkyl carbamates (subject to hydrolysis) is 1. The van der Waals surface area contributed by atoms with E-state index >= 15 is 0 Å². The maximum absolute atomic E-state index is 12.2. The molecule has 1 N–H and O–H groups in total. The highest BCUT2D eigenvalue weighted by atomic mass is 16.6. The molecule has 0 heterocycles. The fourth-order valence-corrected chi connectivity index (χ4v) is 5.15. The number of carbonyl (C=O) groups excluding carboxylic acids is 1. The monoisotopic (exact) mass is 749 g/mol. The Morgan fingerprint density at radius 3 is 1.17 bits per heavy atom. The average Bonchev–Trinajstić information content (AvgIpc) is 3.50. The Balaban J connectivity index is 0.953. The predicted molar refractivity (Wildman–Crippen MR) is 197 cm³/mol. The number of benzene rings is 2. The molecule has 0 aromatic heterocycles. The fourth-order valence-electron chi connectivity index (χ4n) is 5.15. The van der Waals surface area contributed by atoms with Crippen molar-refractivity contribution in [1.82, 2.24) is 5.32 Å². The number of hydrogen-bond donors (Lipinski definition) is 1. The van der Waals surface area contributed by atoms with Crippen LogP contribution >= 0.6 is 0 Å². The SMILES string of the molecule is C=COCCOCCOCCOCCOCCOCCOCCOCCOCCOCCOCCNC(=O)OCC1c2ccccc2-c2ccccc21. The van der Waals surface area contributed by atoms with Crippen LogP contribution in [0.1, 0.15) is 17.0 Å². The van der Waals surface area contributed by atoms with Crippen molar-refractivity contribution < 1.29 is 61.6 Å². The third-order valence-electron chi connectivity index (χ3n) is 7.67. The molecule has 0 atom stereocenters. The molecule has 1 aliphatic carbocycles. The Labute approximate surface area is 314 Å². The van der Waals surface area contributed by atoms with Gasteiger partial charge in [-0.05, 0) is 22.3 Å². The second kappa shape index (κ2) is 31.2. The molecule has 14 nitrogen and oxygen atoms in total. The maximum atomic E-state index is 12.2. The molecule has 1 amide bonds. The van der Waals surface area contributed by atoms with Crippen LogP contribution in [0.4, 0.5) is 4.79 Å². The van der Waals surface area contributed by atoms with E-state index in [-0.39, 0.29) is 12.5 Å². The van der Waals surface area contributed by atoms with Gasteiger partial charge in [0.2, 0.25) is 0 Å². The number of fused-ring (bicyclic) bond motifs is 3. The van der Waals surface area contributed by atoms with Crippen LogP contribution in [-0.4, -0.2) is 158 Å². The minimum atomic E-state index is -0.453. The molecule has 2 aromatic carbocycles. The standard InChI is InChI=1S/C39H59NO13/c1-2-42-13-14-44-17-18-46-21-22-48-25-26-50-29-30-52-32-31-51-28-27-49-24-23-47-20-19-45-16-15-43-12-11-40-39(41)53-33-38-36-9-5-3-7-34(36)35-8-4-6-10-37(35)38/h2-10,38H,1,11-33H2,(H,40,41). The summed E-state index contributed by atoms with van der Waals surface area (Å²) in [4.78, 5) is 12.2. The van der Waals surface area contributed by atoms with Gasteiger partial charge >= 0.3 is 6.09 Å². The molecule has 0 bridgehead atoms. The largest absolute Gasteiger partial charge is 0.499 e. The third kappa shape index (κ3) is 20.8. The lowest BCUT2D eigenvalue weighted by Gasteiger charge is -2.14. The summed E-state index contributed by atoms with van der Waals surface area (Å²) >= 11 is 0. The highest BCUT2D eigenvalue weighted by Crippen LogP contribution is 2.44. The van der Waals surface area contributed by atoms with E-state index < -0.39 is 6.09 Å². The second-order valence-corrected chi connectivity index (χ2v) is 11.4. The number of ether oxygens (including phenoxy) is 12. The van der Waals surface area contributed by atoms with Gasteiger partial charge in [-0.3, -0.25) is 0 Å². The van der Waals surface area contributed by atoms with Gasteiger partial charge in [0.15, 0.2) is 0 Å². The van der Waals surface area contributed by atoms with E-state index in [1.165, 1.54) is 28.5 Å². The zero-order chi connectivity index (χ0) is 37.3. The molecule has 298 valence electrons. The predicted octanol–water partition coefficient (Wildman–Crippen LogP) is 3.85. The Kier molecular flexibility index (Phi) is 26.1. The summed E-state index contributed by atoms with van der Waals surface area (Å²) in [5.74, 6) is 0.0365. The van der Waals surface area contributed by atoms with E-state index in [4.69, 9.17) is 56.8 Å². The first-order valence-corrected chi connectivity index (χ1v) is 18.4. The first kappa shape index (κ1) is 44.2. The molecule has 2 aromatic rings. The van der Waals surface area contributed by atoms with E-state index in [0.29, 0.717) is 145 Å². The molecule has 14 heteroatoms. The number of nitrogens with one attached hydrogen (secondary N) is 1. The van der Waals surface area contributed by atoms with Crippen molar-refractivity contribution in [3.63, 3.8) is 0 Å². The van der Waals surface area contributed by atoms with Gasteiger partial charge in [0.1, 0.15) is 13.2 Å². The molecule has 0 radical (unpaired) electrons. The van der Waals surface area contributed by atoms with Crippen molar-refractivity contribution in [2.24, 2.45) is 0 Å². The van der Waals surface area contributed by atoms with Gasteiger partial charge in [0.05, 0.1) is 138 Å². The van der Waals surface area contributed by atoms with Crippen LogP contribution in [0.3, 0.4) is 0 Å². The van der Waals surface area contributed by atoms with Crippen molar-refractivity contribution >= 4 is 6.09 Å². The lowest BCUT2D eigenvalue weighted by molar-refractivity contribution is -0.0268. The van der Waals surface area contributed by atoms with Crippen molar-refractivity contribution in [2.75, 3.05) is 152 Å². The minimum Gasteiger partial charge on any atom is -0.499 e. The van der Waals surface area contributed by atoms with Gasteiger partial charge < -0.3 is 62.2 Å². The van der Waals surface area contributed by atoms with Gasteiger partial charge in [0, 0.05) is 12.5 Å². The van der Waals surface area contributed by atoms with Crippen molar-refractivity contribution in [2.45, 2.75) is 5.92 Å². The lowest BCUT2D eigenvalue weighted by atomic mass is 9.98. The average molecular weight is 750 g/mol. The van der Waals surface area contributed by atoms with Gasteiger partial charge in [-0.15, -0.1) is 0 Å². The normalized spacial score (nSPS) is 12.1. The molecule has 0 saturated carbocycles. The van der Waals surface area contributed by atoms with Crippen molar-refractivity contribution in [1.29, 1.82) is 0 Å². The van der Waals surface area contributed by atoms with Crippen LogP contribution in [-0.2, 0) is 56.8 Å². The fraction of sp³-hybridized carbons (Fsp3) is 0.615. The smallest absolute Gasteiger partial charge is 0.407 e. The Morgan fingerprint density at radius 1 is 0.491 bits per heavy atom. The van der Waals surface area contributed by atoms with Crippen molar-refractivity contribution in [3.05, 3.63) is 72.5 Å². The number of hydrogen-bond acceptors (Lipinski definition) is 13. The first-order valence-electron chi connectivity index (χ1n) is 18.4. The molecule has 1 aliphatic rings. The van der Waals surface area contributed by atoms with Crippen LogP contribution < -0.4 is 5.32 Å². The molecule has 0 fully saturated rings. The molecular formula is C39H59NO13. The second-order valence-electron chi connectivity index (χ2n) is 11.4. The summed E-state index contributed by atoms with van der Waals surface area (Å²) in [6.07, 6.45) is 0.941. The highest BCUT2D eigenvalue weighted by Gasteiger charge is 2.28. The van der Waals surface area contributed by atoms with Gasteiger partial charge in [-0.2, -0.15) is 0 Å². The van der Waals surface area contributed by atoms with Gasteiger partial charge in [0.25, 0.3) is 0 Å². The molecular weight excluding hydrogens is 690 g/mol. The Morgan fingerprint density at radius 2 is 0.811 bits per heavy atom. The molecule has 0 aliphatic heterocycles. The van der Waals surface area contributed by atoms with Crippen LogP contribution in [0.2, 0.25) is 0 Å². The summed E-state index contributed by atoms with van der Waals surface area (Å²) in [7, 11) is 0. The summed E-state index contributed by atoms with van der Waals surface area (Å²) in [6, 6.07) is 16.5. The third-order valence-corrected chi connectivity index (χ3v) is 7.67. The summed E-state index contributed by atoms with van der Waals surface area (Å²) in [5, 5.41) is 2.74. The summed E-state index contributed by atoms with van der Waals surface area (Å²) in [6.45, 7) is 14.3. The van der Waals surface area contributed by atoms with Crippen molar-refractivity contribution in [3.8, 4) is 11.1 Å². The molecule has 3 rings (SSSR count). The Bertz CT molecular complexity index is 1160. The van der Waals surface area contributed by atoms with E-state index in [1.807, 2.05) is 24.3 Å². The zero-order valence-electron chi connectivity index (χ0n) is 31.1. The van der Waals surface area contributed by atoms with E-state index in [9.17, 15) is 4.79 Å². The summed E-state index contributed by atoms with van der Waals surface area (Å²) < 4.78 is 65.1. The highest BCUT2D eigenvalue weighted by molar-refractivity contribution is 5.79. The number of amides is 1. The minimum absolute atomic E-state index is 0.0365. The Hall–Kier alpha value is -3.15. The van der Waals surface area contributed by atoms with Crippen LogP contribution in [0, 0.1) is 0 Å². The molecule has 0 spiro atoms. The summed E-state index contributed by atoms with van der Waals surface area (Å²) in [5.41, 5.74) is 4.77. The maximum Gasteiger partial charge on any atom is 0.407 e. The molecule has 0 unspecified atom stereocenters. The number of carbonyl (C=O) groups is 1. The van der Waals surface area contributed by atoms with E-state index in [1.54, 1.807) is 0 Å². The number of rotatable bonds is 36. The zero-order valence-corrected chi connectivity index (χ0v) is 31.1. The first-order chi connectivity index (χ1) is 26.3. The molecule has 0 saturated heterocycles. The lowest BCUT2D eigenvalue weighted by Crippen LogP contribution is -2.29. The quantitative estimate of drug-likeness (QED) is 0.0798. The van der Waals surface area contributed by atoms with Crippen LogP contribution in [0.25, 0.3) is 11.1 Å². The van der Waals surface area contributed by atoms with E-state index in [2.05, 4.69) is 36.2 Å². The topological polar surface area (TPSA) is 140 Å². The van der Waals surface area contributed by atoms with Gasteiger partial charge in [-0.25, -0.2) is 4.79 Å². The van der Waals surface area contributed by atoms with Gasteiger partial charge in [-0.1, -0.05) is 55.1 Å². The van der Waals surface area contributed by atoms with E-state index in [0.717, 1.165) is 0 Å². The molecule has 53 heavy (non-hydrogen) atoms.